The van der Waals surface area contributed by atoms with E-state index >= 15 is 0 Å². The molecular formula is C53H34N4O. The number of aromatic nitrogens is 3. The van der Waals surface area contributed by atoms with Crippen LogP contribution in [0.4, 0.5) is 17.1 Å². The molecule has 0 N–H and O–H groups in total. The molecule has 0 saturated carbocycles. The number of anilines is 3. The van der Waals surface area contributed by atoms with Gasteiger partial charge in [-0.3, -0.25) is 0 Å². The summed E-state index contributed by atoms with van der Waals surface area (Å²) in [5, 5.41) is 6.44. The fourth-order valence-corrected chi connectivity index (χ4v) is 8.04. The molecule has 0 aliphatic carbocycles. The van der Waals surface area contributed by atoms with Crippen LogP contribution < -0.4 is 4.90 Å². The number of hydrogen-bond donors (Lipinski definition) is 0. The number of hydrogen-bond acceptors (Lipinski definition) is 5. The first-order chi connectivity index (χ1) is 28.7. The van der Waals surface area contributed by atoms with Crippen LogP contribution in [0.2, 0.25) is 0 Å². The van der Waals surface area contributed by atoms with Crippen molar-refractivity contribution in [1.82, 2.24) is 15.0 Å². The Hall–Kier alpha value is -7.89. The van der Waals surface area contributed by atoms with Crippen LogP contribution in [0.1, 0.15) is 0 Å². The van der Waals surface area contributed by atoms with E-state index in [1.807, 2.05) is 30.3 Å². The number of rotatable bonds is 7. The normalized spacial score (nSPS) is 11.4. The van der Waals surface area contributed by atoms with E-state index in [1.54, 1.807) is 0 Å². The highest BCUT2D eigenvalue weighted by atomic mass is 16.3. The summed E-state index contributed by atoms with van der Waals surface area (Å²) in [5.41, 5.74) is 9.41. The summed E-state index contributed by atoms with van der Waals surface area (Å²) in [6, 6.07) is 71.7. The molecule has 2 heterocycles. The molecule has 0 radical (unpaired) electrons. The predicted octanol–water partition coefficient (Wildman–Crippen LogP) is 14.2. The van der Waals surface area contributed by atoms with Crippen LogP contribution in [0.5, 0.6) is 0 Å². The molecule has 11 aromatic rings. The van der Waals surface area contributed by atoms with E-state index in [-0.39, 0.29) is 0 Å². The van der Waals surface area contributed by atoms with Gasteiger partial charge < -0.3 is 9.32 Å². The Morgan fingerprint density at radius 1 is 0.310 bits per heavy atom. The van der Waals surface area contributed by atoms with Crippen molar-refractivity contribution in [2.24, 2.45) is 0 Å². The van der Waals surface area contributed by atoms with Gasteiger partial charge in [-0.1, -0.05) is 158 Å². The van der Waals surface area contributed by atoms with Gasteiger partial charge in [0.15, 0.2) is 17.5 Å². The van der Waals surface area contributed by atoms with Crippen LogP contribution in [-0.4, -0.2) is 15.0 Å². The van der Waals surface area contributed by atoms with Gasteiger partial charge in [-0.05, 0) is 75.8 Å². The molecule has 9 aromatic carbocycles. The largest absolute Gasteiger partial charge is 0.455 e. The summed E-state index contributed by atoms with van der Waals surface area (Å²) in [5.74, 6) is 1.70. The van der Waals surface area contributed by atoms with Crippen LogP contribution in [0.3, 0.4) is 0 Å². The van der Waals surface area contributed by atoms with Crippen molar-refractivity contribution >= 4 is 60.5 Å². The molecule has 0 bridgehead atoms. The molecule has 2 aromatic heterocycles. The fourth-order valence-electron chi connectivity index (χ4n) is 8.04. The van der Waals surface area contributed by atoms with E-state index in [4.69, 9.17) is 19.4 Å². The number of furan rings is 1. The third kappa shape index (κ3) is 5.94. The molecule has 0 fully saturated rings. The van der Waals surface area contributed by atoms with Crippen LogP contribution in [-0.2, 0) is 0 Å². The third-order valence-corrected chi connectivity index (χ3v) is 10.8. The van der Waals surface area contributed by atoms with E-state index in [0.717, 1.165) is 88.4 Å². The summed E-state index contributed by atoms with van der Waals surface area (Å²) >= 11 is 0. The molecule has 11 rings (SSSR count). The Morgan fingerprint density at radius 3 is 1.71 bits per heavy atom. The molecule has 0 aliphatic rings. The Balaban J connectivity index is 1.21. The Bertz CT molecular complexity index is 3290. The third-order valence-electron chi connectivity index (χ3n) is 10.8. The summed E-state index contributed by atoms with van der Waals surface area (Å²) in [6.45, 7) is 0. The number of nitrogens with zero attached hydrogens (tertiary/aromatic N) is 4. The van der Waals surface area contributed by atoms with Gasteiger partial charge in [0, 0.05) is 44.3 Å². The van der Waals surface area contributed by atoms with Crippen molar-refractivity contribution < 1.29 is 4.42 Å². The van der Waals surface area contributed by atoms with E-state index in [2.05, 4.69) is 181 Å². The second kappa shape index (κ2) is 14.0. The van der Waals surface area contributed by atoms with Gasteiger partial charge in [0.25, 0.3) is 0 Å². The lowest BCUT2D eigenvalue weighted by Crippen LogP contribution is -2.10. The Labute approximate surface area is 335 Å². The van der Waals surface area contributed by atoms with Gasteiger partial charge in [-0.15, -0.1) is 0 Å². The van der Waals surface area contributed by atoms with Crippen LogP contribution in [0.15, 0.2) is 211 Å². The number of benzene rings is 9. The minimum absolute atomic E-state index is 0.526. The fraction of sp³-hybridized carbons (Fsp3) is 0. The molecule has 0 atom stereocenters. The van der Waals surface area contributed by atoms with Crippen molar-refractivity contribution in [2.75, 3.05) is 4.90 Å². The van der Waals surface area contributed by atoms with Crippen LogP contribution >= 0.6 is 0 Å². The average Bonchev–Trinajstić information content (AvgIpc) is 3.69. The molecule has 272 valence electrons. The maximum atomic E-state index is 7.00. The molecule has 5 heteroatoms. The van der Waals surface area contributed by atoms with Gasteiger partial charge in [-0.25, -0.2) is 15.0 Å². The minimum atomic E-state index is 0.526. The molecule has 0 unspecified atom stereocenters. The molecule has 5 nitrogen and oxygen atoms in total. The zero-order valence-corrected chi connectivity index (χ0v) is 31.3. The lowest BCUT2D eigenvalue weighted by atomic mass is 10.0. The highest BCUT2D eigenvalue weighted by Crippen LogP contribution is 2.45. The number of fused-ring (bicyclic) bond motifs is 6. The zero-order chi connectivity index (χ0) is 38.4. The van der Waals surface area contributed by atoms with Gasteiger partial charge in [-0.2, -0.15) is 0 Å². The minimum Gasteiger partial charge on any atom is -0.455 e. The van der Waals surface area contributed by atoms with Crippen molar-refractivity contribution in [3.05, 3.63) is 206 Å². The Morgan fingerprint density at radius 2 is 0.914 bits per heavy atom. The quantitative estimate of drug-likeness (QED) is 0.163. The van der Waals surface area contributed by atoms with Gasteiger partial charge >= 0.3 is 0 Å². The molecule has 58 heavy (non-hydrogen) atoms. The lowest BCUT2D eigenvalue weighted by molar-refractivity contribution is 0.673. The first-order valence-electron chi connectivity index (χ1n) is 19.4. The summed E-state index contributed by atoms with van der Waals surface area (Å²) in [7, 11) is 0. The van der Waals surface area contributed by atoms with Crippen LogP contribution in [0.25, 0.3) is 88.8 Å². The summed E-state index contributed by atoms with van der Waals surface area (Å²) < 4.78 is 7.00. The van der Waals surface area contributed by atoms with E-state index in [1.165, 1.54) is 0 Å². The highest BCUT2D eigenvalue weighted by molar-refractivity contribution is 6.18. The van der Waals surface area contributed by atoms with E-state index in [9.17, 15) is 0 Å². The number of para-hydroxylation sites is 1. The van der Waals surface area contributed by atoms with Crippen LogP contribution in [0, 0.1) is 0 Å². The van der Waals surface area contributed by atoms with Crippen molar-refractivity contribution in [3.63, 3.8) is 0 Å². The molecule has 0 spiro atoms. The van der Waals surface area contributed by atoms with E-state index in [0.29, 0.717) is 17.5 Å². The molecule has 0 saturated heterocycles. The molecular weight excluding hydrogens is 709 g/mol. The second-order valence-electron chi connectivity index (χ2n) is 14.5. The second-order valence-corrected chi connectivity index (χ2v) is 14.5. The first kappa shape index (κ1) is 33.4. The smallest absolute Gasteiger partial charge is 0.167 e. The maximum absolute atomic E-state index is 7.00. The predicted molar refractivity (Wildman–Crippen MR) is 239 cm³/mol. The molecule has 0 aliphatic heterocycles. The summed E-state index contributed by atoms with van der Waals surface area (Å²) in [6.07, 6.45) is 0. The van der Waals surface area contributed by atoms with Crippen molar-refractivity contribution in [3.8, 4) is 45.3 Å². The first-order valence-corrected chi connectivity index (χ1v) is 19.4. The zero-order valence-electron chi connectivity index (χ0n) is 31.3. The maximum Gasteiger partial charge on any atom is 0.167 e. The topological polar surface area (TPSA) is 55.1 Å². The Kier molecular flexibility index (Phi) is 8.07. The standard InChI is InChI=1S/C53H34N4O/c1-4-15-35(16-5-1)40-22-14-25-43(32-40)57(42-23-8-3-9-24-42)44-33-47-46-30-29-37-18-12-13-26-45(37)49(46)58-50(47)48(34-44)53-55-51(38-19-6-2-7-20-38)54-52(56-53)41-28-27-36-17-10-11-21-39(36)31-41/h1-34H. The molecule has 0 amide bonds. The average molecular weight is 743 g/mol. The lowest BCUT2D eigenvalue weighted by Gasteiger charge is -2.26. The van der Waals surface area contributed by atoms with Crippen molar-refractivity contribution in [1.29, 1.82) is 0 Å². The van der Waals surface area contributed by atoms with E-state index < -0.39 is 0 Å². The van der Waals surface area contributed by atoms with Gasteiger partial charge in [0.2, 0.25) is 0 Å². The van der Waals surface area contributed by atoms with Gasteiger partial charge in [0.05, 0.1) is 5.56 Å². The van der Waals surface area contributed by atoms with Gasteiger partial charge in [0.1, 0.15) is 11.2 Å². The summed E-state index contributed by atoms with van der Waals surface area (Å²) in [4.78, 5) is 17.9. The SMILES string of the molecule is c1ccc(-c2cccc(N(c3ccccc3)c3cc(-c4nc(-c5ccccc5)nc(-c5ccc6ccccc6c5)n4)c4oc5c6ccccc6ccc5c4c3)c2)cc1. The highest BCUT2D eigenvalue weighted by Gasteiger charge is 2.23. The monoisotopic (exact) mass is 742 g/mol. The van der Waals surface area contributed by atoms with Crippen molar-refractivity contribution in [2.45, 2.75) is 0 Å².